The van der Waals surface area contributed by atoms with Crippen LogP contribution in [0.15, 0.2) is 60.7 Å². The summed E-state index contributed by atoms with van der Waals surface area (Å²) < 4.78 is 5.46. The van der Waals surface area contributed by atoms with Gasteiger partial charge in [-0.2, -0.15) is 0 Å². The minimum atomic E-state index is -0.653. The van der Waals surface area contributed by atoms with Gasteiger partial charge in [0.2, 0.25) is 11.8 Å². The van der Waals surface area contributed by atoms with Gasteiger partial charge in [0.25, 0.3) is 0 Å². The minimum absolute atomic E-state index is 0.146. The molecule has 0 aromatic heterocycles. The fourth-order valence-electron chi connectivity index (χ4n) is 5.99. The van der Waals surface area contributed by atoms with E-state index < -0.39 is 5.97 Å². The number of allylic oxidation sites excluding steroid dienone is 2. The Morgan fingerprint density at radius 2 is 1.56 bits per heavy atom. The molecule has 32 heavy (non-hydrogen) atoms. The number of hydrogen-bond donors (Lipinski definition) is 0. The van der Waals surface area contributed by atoms with E-state index in [-0.39, 0.29) is 52.6 Å². The molecule has 6 nitrogen and oxygen atoms in total. The molecule has 2 aromatic rings. The second-order valence-corrected chi connectivity index (χ2v) is 9.16. The van der Waals surface area contributed by atoms with Gasteiger partial charge in [0, 0.05) is 0 Å². The fraction of sp³-hybridized carbons (Fsp3) is 0.308. The third-order valence-corrected chi connectivity index (χ3v) is 7.47. The predicted molar refractivity (Wildman–Crippen MR) is 115 cm³/mol. The Morgan fingerprint density at radius 1 is 0.906 bits per heavy atom. The molecule has 6 heteroatoms. The third kappa shape index (κ3) is 2.65. The van der Waals surface area contributed by atoms with Crippen LogP contribution in [0.5, 0.6) is 5.75 Å². The molecule has 0 radical (unpaired) electrons. The topological polar surface area (TPSA) is 80.8 Å². The normalized spacial score (nSPS) is 31.3. The van der Waals surface area contributed by atoms with Crippen molar-refractivity contribution in [2.75, 3.05) is 4.90 Å². The van der Waals surface area contributed by atoms with Crippen LogP contribution in [0.1, 0.15) is 34.1 Å². The maximum absolute atomic E-state index is 13.3. The lowest BCUT2D eigenvalue weighted by molar-refractivity contribution is -0.124. The van der Waals surface area contributed by atoms with Crippen molar-refractivity contribution >= 4 is 29.3 Å². The monoisotopic (exact) mass is 427 g/mol. The number of ether oxygens (including phenoxy) is 1. The number of carbonyl (C=O) groups is 4. The standard InChI is InChI=1S/C26H21NO5/c1-13(28)16-7-2-3-8-21(16)32-26(31)14-5-4-6-15(11-14)27-24(29)22-17-9-10-18(20-12-19(17)20)23(22)25(27)30/h2-11,17-20,22-23H,12H2,1H3/t17-,18-,19-,20+,22+,23+/m0/s1. The van der Waals surface area contributed by atoms with Crippen molar-refractivity contribution in [2.45, 2.75) is 13.3 Å². The molecule has 1 aliphatic heterocycles. The average Bonchev–Trinajstić information content (AvgIpc) is 3.57. The van der Waals surface area contributed by atoms with Crippen LogP contribution in [-0.4, -0.2) is 23.6 Å². The quantitative estimate of drug-likeness (QED) is 0.245. The van der Waals surface area contributed by atoms with E-state index in [9.17, 15) is 19.2 Å². The molecule has 4 aliphatic carbocycles. The van der Waals surface area contributed by atoms with Crippen molar-refractivity contribution in [3.8, 4) is 5.75 Å². The zero-order chi connectivity index (χ0) is 22.1. The van der Waals surface area contributed by atoms with Gasteiger partial charge in [-0.25, -0.2) is 9.69 Å². The number of hydrogen-bond acceptors (Lipinski definition) is 5. The summed E-state index contributed by atoms with van der Waals surface area (Å²) in [5, 5.41) is 0. The lowest BCUT2D eigenvalue weighted by atomic mass is 9.63. The lowest BCUT2D eigenvalue weighted by Gasteiger charge is -2.37. The first kappa shape index (κ1) is 19.2. The van der Waals surface area contributed by atoms with Gasteiger partial charge in [-0.15, -0.1) is 0 Å². The molecule has 160 valence electrons. The first-order valence-electron chi connectivity index (χ1n) is 10.9. The van der Waals surface area contributed by atoms with Gasteiger partial charge in [-0.05, 0) is 67.3 Å². The molecule has 2 amide bonds. The van der Waals surface area contributed by atoms with Crippen LogP contribution < -0.4 is 9.64 Å². The van der Waals surface area contributed by atoms with Gasteiger partial charge in [-0.1, -0.05) is 30.4 Å². The number of imide groups is 1. The molecule has 0 spiro atoms. The number of Topliss-reactive ketones (excluding diaryl/α,β-unsaturated/α-hetero) is 1. The average molecular weight is 427 g/mol. The van der Waals surface area contributed by atoms with Crippen molar-refractivity contribution in [2.24, 2.45) is 35.5 Å². The molecule has 2 saturated carbocycles. The minimum Gasteiger partial charge on any atom is -0.422 e. The number of para-hydroxylation sites is 1. The zero-order valence-corrected chi connectivity index (χ0v) is 17.4. The maximum atomic E-state index is 13.3. The van der Waals surface area contributed by atoms with Gasteiger partial charge < -0.3 is 4.74 Å². The smallest absolute Gasteiger partial charge is 0.343 e. The van der Waals surface area contributed by atoms with Crippen LogP contribution in [0.3, 0.4) is 0 Å². The van der Waals surface area contributed by atoms with Crippen molar-refractivity contribution in [1.82, 2.24) is 0 Å². The summed E-state index contributed by atoms with van der Waals surface area (Å²) in [4.78, 5) is 52.5. The number of ketones is 1. The van der Waals surface area contributed by atoms with Crippen LogP contribution in [0.25, 0.3) is 0 Å². The Morgan fingerprint density at radius 3 is 2.22 bits per heavy atom. The molecule has 0 unspecified atom stereocenters. The number of benzene rings is 2. The van der Waals surface area contributed by atoms with Gasteiger partial charge in [-0.3, -0.25) is 14.4 Å². The number of esters is 1. The van der Waals surface area contributed by atoms with E-state index in [1.807, 2.05) is 0 Å². The summed E-state index contributed by atoms with van der Waals surface area (Å²) in [6.07, 6.45) is 5.38. The second-order valence-electron chi connectivity index (χ2n) is 9.16. The van der Waals surface area contributed by atoms with E-state index >= 15 is 0 Å². The predicted octanol–water partition coefficient (Wildman–Crippen LogP) is 3.67. The largest absolute Gasteiger partial charge is 0.422 e. The summed E-state index contributed by atoms with van der Waals surface area (Å²) in [5.41, 5.74) is 0.907. The molecule has 6 atom stereocenters. The molecule has 0 N–H and O–H groups in total. The van der Waals surface area contributed by atoms with Gasteiger partial charge in [0.15, 0.2) is 5.78 Å². The number of rotatable bonds is 4. The van der Waals surface area contributed by atoms with E-state index in [1.165, 1.54) is 17.9 Å². The second kappa shape index (κ2) is 6.73. The molecule has 1 saturated heterocycles. The molecule has 2 aromatic carbocycles. The number of anilines is 1. The summed E-state index contributed by atoms with van der Waals surface area (Å²) in [5.74, 6) is -0.250. The molecular formula is C26H21NO5. The van der Waals surface area contributed by atoms with Crippen LogP contribution >= 0.6 is 0 Å². The number of amides is 2. The highest BCUT2D eigenvalue weighted by molar-refractivity contribution is 6.23. The van der Waals surface area contributed by atoms with Crippen LogP contribution in [-0.2, 0) is 9.59 Å². The van der Waals surface area contributed by atoms with E-state index in [0.717, 1.165) is 6.42 Å². The first-order valence-corrected chi connectivity index (χ1v) is 10.9. The Kier molecular flexibility index (Phi) is 4.03. The fourth-order valence-corrected chi connectivity index (χ4v) is 5.99. The molecule has 5 aliphatic rings. The van der Waals surface area contributed by atoms with Crippen molar-refractivity contribution in [3.05, 3.63) is 71.8 Å². The lowest BCUT2D eigenvalue weighted by Crippen LogP contribution is -2.40. The van der Waals surface area contributed by atoms with Crippen LogP contribution in [0.2, 0.25) is 0 Å². The van der Waals surface area contributed by atoms with E-state index in [4.69, 9.17) is 4.74 Å². The molecule has 3 fully saturated rings. The Hall–Kier alpha value is -3.54. The summed E-state index contributed by atoms with van der Waals surface area (Å²) in [7, 11) is 0. The van der Waals surface area contributed by atoms with E-state index in [2.05, 4.69) is 12.2 Å². The first-order chi connectivity index (χ1) is 15.5. The van der Waals surface area contributed by atoms with E-state index in [1.54, 1.807) is 42.5 Å². The molecule has 1 heterocycles. The Labute approximate surface area is 184 Å². The molecular weight excluding hydrogens is 406 g/mol. The SMILES string of the molecule is CC(=O)c1ccccc1OC(=O)c1cccc(N2C(=O)[C@@H]3[C@H]4C=C[C@@H]([C@@H]5C[C@H]45)[C@H]3C2=O)c1. The zero-order valence-electron chi connectivity index (χ0n) is 17.4. The van der Waals surface area contributed by atoms with Crippen LogP contribution in [0, 0.1) is 35.5 Å². The highest BCUT2D eigenvalue weighted by atomic mass is 16.5. The number of carbonyl (C=O) groups excluding carboxylic acids is 4. The number of nitrogens with zero attached hydrogens (tertiary/aromatic N) is 1. The van der Waals surface area contributed by atoms with Gasteiger partial charge in [0.1, 0.15) is 5.75 Å². The Bertz CT molecular complexity index is 1190. The van der Waals surface area contributed by atoms with Crippen LogP contribution in [0.4, 0.5) is 5.69 Å². The van der Waals surface area contributed by atoms with E-state index in [0.29, 0.717) is 23.1 Å². The summed E-state index contributed by atoms with van der Waals surface area (Å²) in [6, 6.07) is 12.9. The third-order valence-electron chi connectivity index (χ3n) is 7.47. The van der Waals surface area contributed by atoms with Gasteiger partial charge >= 0.3 is 5.97 Å². The maximum Gasteiger partial charge on any atom is 0.343 e. The summed E-state index contributed by atoms with van der Waals surface area (Å²) in [6.45, 7) is 1.41. The highest BCUT2D eigenvalue weighted by Crippen LogP contribution is 2.65. The highest BCUT2D eigenvalue weighted by Gasteiger charge is 2.67. The molecule has 7 rings (SSSR count). The van der Waals surface area contributed by atoms with Crippen molar-refractivity contribution in [1.29, 1.82) is 0 Å². The van der Waals surface area contributed by atoms with Crippen molar-refractivity contribution in [3.63, 3.8) is 0 Å². The van der Waals surface area contributed by atoms with Gasteiger partial charge in [0.05, 0.1) is 28.7 Å². The summed E-state index contributed by atoms with van der Waals surface area (Å²) >= 11 is 0. The van der Waals surface area contributed by atoms with Crippen molar-refractivity contribution < 1.29 is 23.9 Å². The molecule has 2 bridgehead atoms. The Balaban J connectivity index is 1.29.